The van der Waals surface area contributed by atoms with Crippen LogP contribution < -0.4 is 4.74 Å². The Morgan fingerprint density at radius 3 is 2.63 bits per heavy atom. The molecule has 0 amide bonds. The normalized spacial score (nSPS) is 14.0. The largest absolute Gasteiger partial charge is 0.439 e. The van der Waals surface area contributed by atoms with E-state index in [9.17, 15) is 0 Å². The number of halogens is 1. The van der Waals surface area contributed by atoms with E-state index in [1.807, 2.05) is 25.1 Å². The van der Waals surface area contributed by atoms with Crippen LogP contribution in [0.15, 0.2) is 34.8 Å². The predicted octanol–water partition coefficient (Wildman–Crippen LogP) is 4.82. The lowest BCUT2D eigenvalue weighted by Gasteiger charge is -2.16. The Morgan fingerprint density at radius 2 is 1.84 bits per heavy atom. The Balaban J connectivity index is 1.84. The summed E-state index contributed by atoms with van der Waals surface area (Å²) < 4.78 is 6.85. The Bertz CT molecular complexity index is 610. The van der Waals surface area contributed by atoms with Crippen molar-refractivity contribution in [3.63, 3.8) is 0 Å². The van der Waals surface area contributed by atoms with Crippen molar-refractivity contribution in [2.24, 2.45) is 0 Å². The number of fused-ring (bicyclic) bond motifs is 1. The highest BCUT2D eigenvalue weighted by molar-refractivity contribution is 9.10. The Kier molecular flexibility index (Phi) is 3.56. The molecule has 0 radical (unpaired) electrons. The van der Waals surface area contributed by atoms with Crippen molar-refractivity contribution in [1.29, 1.82) is 0 Å². The minimum absolute atomic E-state index is 0.649. The van der Waals surface area contributed by atoms with Gasteiger partial charge in [-0.25, -0.2) is 4.98 Å². The third-order valence-electron chi connectivity index (χ3n) is 3.54. The second-order valence-corrected chi connectivity index (χ2v) is 5.81. The highest BCUT2D eigenvalue weighted by Crippen LogP contribution is 2.28. The number of hydrogen-bond donors (Lipinski definition) is 0. The molecule has 3 rings (SSSR count). The van der Waals surface area contributed by atoms with Crippen molar-refractivity contribution in [1.82, 2.24) is 4.98 Å². The lowest BCUT2D eigenvalue weighted by Crippen LogP contribution is -2.02. The maximum Gasteiger partial charge on any atom is 0.219 e. The van der Waals surface area contributed by atoms with Gasteiger partial charge in [-0.15, -0.1) is 0 Å². The van der Waals surface area contributed by atoms with Crippen LogP contribution in [0.2, 0.25) is 0 Å². The van der Waals surface area contributed by atoms with Gasteiger partial charge in [0.25, 0.3) is 0 Å². The summed E-state index contributed by atoms with van der Waals surface area (Å²) >= 11 is 3.45. The van der Waals surface area contributed by atoms with Crippen LogP contribution in [0.25, 0.3) is 0 Å². The van der Waals surface area contributed by atoms with Gasteiger partial charge in [0.1, 0.15) is 5.75 Å². The van der Waals surface area contributed by atoms with Gasteiger partial charge in [0.05, 0.1) is 5.69 Å². The van der Waals surface area contributed by atoms with Gasteiger partial charge in [0.15, 0.2) is 0 Å². The van der Waals surface area contributed by atoms with E-state index in [-0.39, 0.29) is 0 Å². The van der Waals surface area contributed by atoms with Crippen LogP contribution in [0.4, 0.5) is 0 Å². The van der Waals surface area contributed by atoms with E-state index in [2.05, 4.69) is 33.0 Å². The van der Waals surface area contributed by atoms with E-state index < -0.39 is 0 Å². The fourth-order valence-electron chi connectivity index (χ4n) is 2.47. The lowest BCUT2D eigenvalue weighted by atomic mass is 9.92. The van der Waals surface area contributed by atoms with Gasteiger partial charge in [-0.05, 0) is 77.9 Å². The molecule has 0 spiro atoms. The molecular weight excluding hydrogens is 302 g/mol. The molecule has 0 N–H and O–H groups in total. The SMILES string of the molecule is Cc1nc(Oc2ccc3c(c2)CCCC3)ccc1Br. The smallest absolute Gasteiger partial charge is 0.219 e. The molecule has 1 aliphatic rings. The molecule has 0 saturated carbocycles. The van der Waals surface area contributed by atoms with E-state index in [4.69, 9.17) is 4.74 Å². The predicted molar refractivity (Wildman–Crippen MR) is 79.8 cm³/mol. The Hall–Kier alpha value is -1.35. The average Bonchev–Trinajstić information content (AvgIpc) is 2.43. The maximum atomic E-state index is 5.85. The molecule has 19 heavy (non-hydrogen) atoms. The van der Waals surface area contributed by atoms with Gasteiger partial charge in [0.2, 0.25) is 5.88 Å². The highest BCUT2D eigenvalue weighted by Gasteiger charge is 2.10. The van der Waals surface area contributed by atoms with E-state index in [1.165, 1.54) is 36.8 Å². The van der Waals surface area contributed by atoms with Crippen molar-refractivity contribution in [2.75, 3.05) is 0 Å². The van der Waals surface area contributed by atoms with Gasteiger partial charge >= 0.3 is 0 Å². The third kappa shape index (κ3) is 2.81. The van der Waals surface area contributed by atoms with Crippen LogP contribution in [-0.4, -0.2) is 4.98 Å². The molecular formula is C16H16BrNO. The summed E-state index contributed by atoms with van der Waals surface area (Å²) in [5.74, 6) is 1.53. The third-order valence-corrected chi connectivity index (χ3v) is 4.38. The number of hydrogen-bond acceptors (Lipinski definition) is 2. The summed E-state index contributed by atoms with van der Waals surface area (Å²) in [6, 6.07) is 10.2. The van der Waals surface area contributed by atoms with Gasteiger partial charge in [0, 0.05) is 10.5 Å². The summed E-state index contributed by atoms with van der Waals surface area (Å²) in [5.41, 5.74) is 3.84. The van der Waals surface area contributed by atoms with E-state index in [0.717, 1.165) is 15.9 Å². The van der Waals surface area contributed by atoms with Crippen molar-refractivity contribution in [2.45, 2.75) is 32.6 Å². The molecule has 0 aliphatic heterocycles. The van der Waals surface area contributed by atoms with Crippen LogP contribution in [0.3, 0.4) is 0 Å². The van der Waals surface area contributed by atoms with Crippen LogP contribution in [0.1, 0.15) is 29.7 Å². The number of aryl methyl sites for hydroxylation is 3. The summed E-state index contributed by atoms with van der Waals surface area (Å²) in [7, 11) is 0. The highest BCUT2D eigenvalue weighted by atomic mass is 79.9. The molecule has 0 bridgehead atoms. The van der Waals surface area contributed by atoms with Crippen molar-refractivity contribution < 1.29 is 4.74 Å². The van der Waals surface area contributed by atoms with E-state index in [0.29, 0.717) is 5.88 Å². The molecule has 1 heterocycles. The zero-order valence-corrected chi connectivity index (χ0v) is 12.5. The first-order chi connectivity index (χ1) is 9.22. The number of aromatic nitrogens is 1. The molecule has 1 aromatic heterocycles. The minimum atomic E-state index is 0.649. The molecule has 0 fully saturated rings. The summed E-state index contributed by atoms with van der Waals surface area (Å²) in [6.45, 7) is 1.96. The quantitative estimate of drug-likeness (QED) is 0.792. The number of ether oxygens (including phenoxy) is 1. The van der Waals surface area contributed by atoms with Crippen molar-refractivity contribution in [3.05, 3.63) is 51.6 Å². The molecule has 2 nitrogen and oxygen atoms in total. The summed E-state index contributed by atoms with van der Waals surface area (Å²) in [5, 5.41) is 0. The second-order valence-electron chi connectivity index (χ2n) is 4.96. The van der Waals surface area contributed by atoms with Crippen LogP contribution in [0.5, 0.6) is 11.6 Å². The zero-order valence-electron chi connectivity index (χ0n) is 10.9. The van der Waals surface area contributed by atoms with Gasteiger partial charge < -0.3 is 4.74 Å². The van der Waals surface area contributed by atoms with Crippen LogP contribution >= 0.6 is 15.9 Å². The van der Waals surface area contributed by atoms with Crippen LogP contribution in [0, 0.1) is 6.92 Å². The molecule has 0 atom stereocenters. The van der Waals surface area contributed by atoms with E-state index >= 15 is 0 Å². The fourth-order valence-corrected chi connectivity index (χ4v) is 2.69. The van der Waals surface area contributed by atoms with Crippen molar-refractivity contribution in [3.8, 4) is 11.6 Å². The molecule has 98 valence electrons. The van der Waals surface area contributed by atoms with E-state index in [1.54, 1.807) is 0 Å². The first kappa shape index (κ1) is 12.7. The molecule has 0 unspecified atom stereocenters. The van der Waals surface area contributed by atoms with Crippen LogP contribution in [-0.2, 0) is 12.8 Å². The first-order valence-electron chi connectivity index (χ1n) is 6.65. The lowest BCUT2D eigenvalue weighted by molar-refractivity contribution is 0.460. The molecule has 1 aliphatic carbocycles. The molecule has 3 heteroatoms. The summed E-state index contributed by atoms with van der Waals surface area (Å²) in [4.78, 5) is 4.41. The second kappa shape index (κ2) is 5.33. The number of nitrogens with zero attached hydrogens (tertiary/aromatic N) is 1. The molecule has 1 aromatic carbocycles. The molecule has 0 saturated heterocycles. The number of benzene rings is 1. The monoisotopic (exact) mass is 317 g/mol. The average molecular weight is 318 g/mol. The van der Waals surface area contributed by atoms with Gasteiger partial charge in [-0.1, -0.05) is 6.07 Å². The zero-order chi connectivity index (χ0) is 13.2. The molecule has 2 aromatic rings. The number of pyridine rings is 1. The Morgan fingerprint density at radius 1 is 1.05 bits per heavy atom. The standard InChI is InChI=1S/C16H16BrNO/c1-11-15(17)8-9-16(18-11)19-14-7-6-12-4-2-3-5-13(12)10-14/h6-10H,2-5H2,1H3. The summed E-state index contributed by atoms with van der Waals surface area (Å²) in [6.07, 6.45) is 4.96. The van der Waals surface area contributed by atoms with Gasteiger partial charge in [-0.3, -0.25) is 0 Å². The van der Waals surface area contributed by atoms with Gasteiger partial charge in [-0.2, -0.15) is 0 Å². The first-order valence-corrected chi connectivity index (χ1v) is 7.44. The van der Waals surface area contributed by atoms with Crippen molar-refractivity contribution >= 4 is 15.9 Å². The minimum Gasteiger partial charge on any atom is -0.439 e. The fraction of sp³-hybridized carbons (Fsp3) is 0.312. The topological polar surface area (TPSA) is 22.1 Å². The number of rotatable bonds is 2. The maximum absolute atomic E-state index is 5.85. The Labute approximate surface area is 122 Å².